The number of likely N-dealkylation sites (N-methyl/N-ethyl adjacent to an activating group) is 1. The second-order valence-electron chi connectivity index (χ2n) is 4.36. The molecule has 16 heavy (non-hydrogen) atoms. The van der Waals surface area contributed by atoms with Crippen molar-refractivity contribution in [2.75, 3.05) is 13.1 Å². The van der Waals surface area contributed by atoms with Gasteiger partial charge in [0.25, 0.3) is 0 Å². The summed E-state index contributed by atoms with van der Waals surface area (Å²) in [4.78, 5) is 13.9. The Hall–Kier alpha value is -0.830. The normalized spacial score (nSPS) is 21.8. The number of nitrogens with one attached hydrogen (secondary N) is 1. The highest BCUT2D eigenvalue weighted by Gasteiger charge is 2.20. The molecular formula is C13H24N2O. The van der Waals surface area contributed by atoms with Gasteiger partial charge in [-0.3, -0.25) is 10.1 Å². The predicted octanol–water partition coefficient (Wildman–Crippen LogP) is 1.94. The van der Waals surface area contributed by atoms with E-state index in [0.29, 0.717) is 6.04 Å². The van der Waals surface area contributed by atoms with Crippen molar-refractivity contribution >= 4 is 5.91 Å². The van der Waals surface area contributed by atoms with Crippen molar-refractivity contribution in [3.8, 4) is 0 Å². The SMILES string of the molecule is CCN(CC)C(=O)C(C)NC1C=CCCC1. The molecule has 1 aliphatic rings. The van der Waals surface area contributed by atoms with E-state index in [-0.39, 0.29) is 11.9 Å². The second kappa shape index (κ2) is 6.69. The molecule has 0 heterocycles. The lowest BCUT2D eigenvalue weighted by Crippen LogP contribution is -2.48. The molecule has 0 aromatic carbocycles. The molecule has 0 aromatic heterocycles. The molecule has 1 N–H and O–H groups in total. The van der Waals surface area contributed by atoms with Crippen molar-refractivity contribution in [1.29, 1.82) is 0 Å². The van der Waals surface area contributed by atoms with Crippen LogP contribution in [0.5, 0.6) is 0 Å². The van der Waals surface area contributed by atoms with Crippen molar-refractivity contribution in [1.82, 2.24) is 10.2 Å². The van der Waals surface area contributed by atoms with Crippen LogP contribution in [0.1, 0.15) is 40.0 Å². The molecule has 0 spiro atoms. The van der Waals surface area contributed by atoms with Crippen LogP contribution in [0.15, 0.2) is 12.2 Å². The van der Waals surface area contributed by atoms with Crippen LogP contribution in [-0.2, 0) is 4.79 Å². The minimum atomic E-state index is -0.0763. The molecular weight excluding hydrogens is 200 g/mol. The molecule has 0 saturated heterocycles. The Morgan fingerprint density at radius 3 is 2.69 bits per heavy atom. The van der Waals surface area contributed by atoms with E-state index >= 15 is 0 Å². The van der Waals surface area contributed by atoms with Gasteiger partial charge in [0.1, 0.15) is 0 Å². The number of carbonyl (C=O) groups is 1. The molecule has 2 atom stereocenters. The van der Waals surface area contributed by atoms with Gasteiger partial charge in [0.2, 0.25) is 5.91 Å². The maximum atomic E-state index is 12.0. The zero-order valence-corrected chi connectivity index (χ0v) is 10.7. The Kier molecular flexibility index (Phi) is 5.53. The van der Waals surface area contributed by atoms with Gasteiger partial charge in [0.15, 0.2) is 0 Å². The number of allylic oxidation sites excluding steroid dienone is 1. The molecule has 0 bridgehead atoms. The minimum absolute atomic E-state index is 0.0763. The topological polar surface area (TPSA) is 32.3 Å². The lowest BCUT2D eigenvalue weighted by Gasteiger charge is -2.27. The van der Waals surface area contributed by atoms with E-state index in [4.69, 9.17) is 0 Å². The van der Waals surface area contributed by atoms with Crippen LogP contribution in [-0.4, -0.2) is 36.0 Å². The Morgan fingerprint density at radius 2 is 2.19 bits per heavy atom. The highest BCUT2D eigenvalue weighted by atomic mass is 16.2. The third-order valence-electron chi connectivity index (χ3n) is 3.16. The first kappa shape index (κ1) is 13.2. The summed E-state index contributed by atoms with van der Waals surface area (Å²) in [5.74, 6) is 0.212. The summed E-state index contributed by atoms with van der Waals surface area (Å²) in [6.45, 7) is 7.59. The molecule has 3 heteroatoms. The van der Waals surface area contributed by atoms with E-state index in [1.54, 1.807) is 0 Å². The number of carbonyl (C=O) groups excluding carboxylic acids is 1. The maximum Gasteiger partial charge on any atom is 0.239 e. The lowest BCUT2D eigenvalue weighted by atomic mass is 10.0. The van der Waals surface area contributed by atoms with E-state index in [2.05, 4.69) is 17.5 Å². The highest BCUT2D eigenvalue weighted by Crippen LogP contribution is 2.11. The molecule has 0 saturated carbocycles. The fourth-order valence-electron chi connectivity index (χ4n) is 2.15. The molecule has 1 aliphatic carbocycles. The number of nitrogens with zero attached hydrogens (tertiary/aromatic N) is 1. The van der Waals surface area contributed by atoms with E-state index in [0.717, 1.165) is 19.5 Å². The summed E-state index contributed by atoms with van der Waals surface area (Å²) in [6.07, 6.45) is 7.94. The van der Waals surface area contributed by atoms with Gasteiger partial charge in [0, 0.05) is 19.1 Å². The number of hydrogen-bond acceptors (Lipinski definition) is 2. The van der Waals surface area contributed by atoms with Gasteiger partial charge in [-0.2, -0.15) is 0 Å². The second-order valence-corrected chi connectivity index (χ2v) is 4.36. The molecule has 0 aliphatic heterocycles. The van der Waals surface area contributed by atoms with Crippen molar-refractivity contribution in [3.63, 3.8) is 0 Å². The van der Waals surface area contributed by atoms with E-state index < -0.39 is 0 Å². The number of amides is 1. The molecule has 0 aromatic rings. The minimum Gasteiger partial charge on any atom is -0.342 e. The van der Waals surface area contributed by atoms with E-state index in [9.17, 15) is 4.79 Å². The Labute approximate surface area is 98.9 Å². The first-order valence-electron chi connectivity index (χ1n) is 6.40. The Balaban J connectivity index is 2.44. The van der Waals surface area contributed by atoms with Gasteiger partial charge in [-0.1, -0.05) is 12.2 Å². The predicted molar refractivity (Wildman–Crippen MR) is 67.3 cm³/mol. The van der Waals surface area contributed by atoms with Gasteiger partial charge >= 0.3 is 0 Å². The molecule has 92 valence electrons. The quantitative estimate of drug-likeness (QED) is 0.724. The van der Waals surface area contributed by atoms with Gasteiger partial charge in [0.05, 0.1) is 6.04 Å². The monoisotopic (exact) mass is 224 g/mol. The zero-order chi connectivity index (χ0) is 12.0. The summed E-state index contributed by atoms with van der Waals surface area (Å²) >= 11 is 0. The summed E-state index contributed by atoms with van der Waals surface area (Å²) in [6, 6.07) is 0.302. The standard InChI is InChI=1S/C13H24N2O/c1-4-15(5-2)13(16)11(3)14-12-9-7-6-8-10-12/h7,9,11-12,14H,4-6,8,10H2,1-3H3. The van der Waals surface area contributed by atoms with Crippen molar-refractivity contribution in [2.45, 2.75) is 52.1 Å². The summed E-state index contributed by atoms with van der Waals surface area (Å²) in [5.41, 5.74) is 0. The Morgan fingerprint density at radius 1 is 1.50 bits per heavy atom. The summed E-state index contributed by atoms with van der Waals surface area (Å²) in [7, 11) is 0. The summed E-state index contributed by atoms with van der Waals surface area (Å²) < 4.78 is 0. The van der Waals surface area contributed by atoms with Gasteiger partial charge in [-0.25, -0.2) is 0 Å². The van der Waals surface area contributed by atoms with Gasteiger partial charge in [-0.15, -0.1) is 0 Å². The summed E-state index contributed by atoms with van der Waals surface area (Å²) in [5, 5.41) is 3.39. The average Bonchev–Trinajstić information content (AvgIpc) is 2.31. The fourth-order valence-corrected chi connectivity index (χ4v) is 2.15. The van der Waals surface area contributed by atoms with Crippen LogP contribution < -0.4 is 5.32 Å². The van der Waals surface area contributed by atoms with Crippen LogP contribution in [0, 0.1) is 0 Å². The van der Waals surface area contributed by atoms with Crippen LogP contribution in [0.4, 0.5) is 0 Å². The number of hydrogen-bond donors (Lipinski definition) is 1. The van der Waals surface area contributed by atoms with Crippen LogP contribution >= 0.6 is 0 Å². The van der Waals surface area contributed by atoms with Crippen molar-refractivity contribution < 1.29 is 4.79 Å². The smallest absolute Gasteiger partial charge is 0.239 e. The van der Waals surface area contributed by atoms with Crippen LogP contribution in [0.25, 0.3) is 0 Å². The van der Waals surface area contributed by atoms with Gasteiger partial charge in [-0.05, 0) is 40.0 Å². The number of rotatable bonds is 5. The first-order chi connectivity index (χ1) is 7.69. The van der Waals surface area contributed by atoms with Crippen molar-refractivity contribution in [3.05, 3.63) is 12.2 Å². The molecule has 1 rings (SSSR count). The Bertz CT molecular complexity index is 246. The average molecular weight is 224 g/mol. The van der Waals surface area contributed by atoms with Crippen LogP contribution in [0.2, 0.25) is 0 Å². The van der Waals surface area contributed by atoms with Crippen molar-refractivity contribution in [2.24, 2.45) is 0 Å². The maximum absolute atomic E-state index is 12.0. The molecule has 2 unspecified atom stereocenters. The molecule has 0 radical (unpaired) electrons. The largest absolute Gasteiger partial charge is 0.342 e. The van der Waals surface area contributed by atoms with Crippen LogP contribution in [0.3, 0.4) is 0 Å². The third-order valence-corrected chi connectivity index (χ3v) is 3.16. The fraction of sp³-hybridized carbons (Fsp3) is 0.769. The zero-order valence-electron chi connectivity index (χ0n) is 10.7. The molecule has 0 fully saturated rings. The molecule has 3 nitrogen and oxygen atoms in total. The first-order valence-corrected chi connectivity index (χ1v) is 6.40. The third kappa shape index (κ3) is 3.63. The lowest BCUT2D eigenvalue weighted by molar-refractivity contribution is -0.132. The van der Waals surface area contributed by atoms with Gasteiger partial charge < -0.3 is 4.90 Å². The highest BCUT2D eigenvalue weighted by molar-refractivity contribution is 5.81. The van der Waals surface area contributed by atoms with E-state index in [1.807, 2.05) is 25.7 Å². The molecule has 1 amide bonds. The van der Waals surface area contributed by atoms with E-state index in [1.165, 1.54) is 12.8 Å².